The van der Waals surface area contributed by atoms with Gasteiger partial charge in [0.05, 0.1) is 12.2 Å². The van der Waals surface area contributed by atoms with E-state index in [2.05, 4.69) is 31.9 Å². The molecule has 4 heteroatoms. The fourth-order valence-corrected chi connectivity index (χ4v) is 1.74. The minimum atomic E-state index is -0.0368. The monoisotopic (exact) mass is 289 g/mol. The first-order valence-electron chi connectivity index (χ1n) is 3.18. The van der Waals surface area contributed by atoms with Gasteiger partial charge >= 0.3 is 0 Å². The number of halogens is 2. The van der Waals surface area contributed by atoms with Crippen LogP contribution in [0.1, 0.15) is 11.1 Å². The first-order valence-corrected chi connectivity index (χ1v) is 4.77. The van der Waals surface area contributed by atoms with Crippen molar-refractivity contribution in [2.24, 2.45) is 0 Å². The van der Waals surface area contributed by atoms with Gasteiger partial charge in [-0.25, -0.2) is 0 Å². The average Bonchev–Trinajstić information content (AvgIpc) is 2.10. The van der Waals surface area contributed by atoms with Gasteiger partial charge in [-0.3, -0.25) is 0 Å². The van der Waals surface area contributed by atoms with Crippen molar-refractivity contribution in [1.29, 1.82) is 5.26 Å². The molecule has 0 spiro atoms. The van der Waals surface area contributed by atoms with Crippen molar-refractivity contribution in [2.45, 2.75) is 6.61 Å². The van der Waals surface area contributed by atoms with Crippen molar-refractivity contribution in [3.8, 4) is 6.07 Å². The van der Waals surface area contributed by atoms with Gasteiger partial charge in [-0.1, -0.05) is 6.07 Å². The van der Waals surface area contributed by atoms with Gasteiger partial charge in [0.1, 0.15) is 6.07 Å². The molecule has 0 atom stereocenters. The average molecular weight is 291 g/mol. The minimum absolute atomic E-state index is 0.0368. The van der Waals surface area contributed by atoms with Gasteiger partial charge in [-0.2, -0.15) is 5.26 Å². The third-order valence-electron chi connectivity index (χ3n) is 1.45. The second kappa shape index (κ2) is 4.04. The van der Waals surface area contributed by atoms with E-state index in [4.69, 9.17) is 10.4 Å². The fourth-order valence-electron chi connectivity index (χ4n) is 0.798. The van der Waals surface area contributed by atoms with Crippen LogP contribution in [0.3, 0.4) is 0 Å². The van der Waals surface area contributed by atoms with E-state index in [1.54, 1.807) is 12.1 Å². The van der Waals surface area contributed by atoms with Crippen LogP contribution in [0.5, 0.6) is 0 Å². The molecule has 0 fully saturated rings. The maximum atomic E-state index is 8.87. The van der Waals surface area contributed by atoms with E-state index in [1.165, 1.54) is 0 Å². The molecule has 1 rings (SSSR count). The number of aliphatic hydroxyl groups is 1. The van der Waals surface area contributed by atoms with Crippen LogP contribution in [-0.4, -0.2) is 5.11 Å². The highest BCUT2D eigenvalue weighted by Crippen LogP contribution is 2.29. The molecule has 0 aliphatic heterocycles. The van der Waals surface area contributed by atoms with E-state index in [0.29, 0.717) is 10.0 Å². The second-order valence-electron chi connectivity index (χ2n) is 2.17. The summed E-state index contributed by atoms with van der Waals surface area (Å²) in [6, 6.07) is 5.41. The summed E-state index contributed by atoms with van der Waals surface area (Å²) < 4.78 is 1.43. The molecular weight excluding hydrogens is 286 g/mol. The van der Waals surface area contributed by atoms with Crippen molar-refractivity contribution >= 4 is 31.9 Å². The molecule has 0 heterocycles. The van der Waals surface area contributed by atoms with Gasteiger partial charge < -0.3 is 5.11 Å². The lowest BCUT2D eigenvalue weighted by molar-refractivity contribution is 0.281. The summed E-state index contributed by atoms with van der Waals surface area (Å²) in [6.07, 6.45) is 0. The number of benzene rings is 1. The van der Waals surface area contributed by atoms with Crippen LogP contribution >= 0.6 is 31.9 Å². The van der Waals surface area contributed by atoms with E-state index in [9.17, 15) is 0 Å². The van der Waals surface area contributed by atoms with E-state index in [1.807, 2.05) is 6.07 Å². The van der Waals surface area contributed by atoms with E-state index in [-0.39, 0.29) is 6.61 Å². The minimum Gasteiger partial charge on any atom is -0.392 e. The third kappa shape index (κ3) is 1.69. The van der Waals surface area contributed by atoms with Crippen LogP contribution in [0.15, 0.2) is 21.1 Å². The van der Waals surface area contributed by atoms with Gasteiger partial charge in [0, 0.05) is 8.95 Å². The van der Waals surface area contributed by atoms with Gasteiger partial charge in [0.15, 0.2) is 0 Å². The predicted molar refractivity (Wildman–Crippen MR) is 52.5 cm³/mol. The Morgan fingerprint density at radius 3 is 2.50 bits per heavy atom. The quantitative estimate of drug-likeness (QED) is 0.864. The molecular formula is C8H5Br2NO. The Balaban J connectivity index is 3.32. The highest BCUT2D eigenvalue weighted by Gasteiger charge is 2.07. The zero-order valence-electron chi connectivity index (χ0n) is 6.01. The normalized spacial score (nSPS) is 9.50. The molecule has 0 aromatic heterocycles. The van der Waals surface area contributed by atoms with Crippen LogP contribution < -0.4 is 0 Å². The topological polar surface area (TPSA) is 44.0 Å². The molecule has 1 aromatic carbocycles. The number of hydrogen-bond acceptors (Lipinski definition) is 2. The van der Waals surface area contributed by atoms with Crippen molar-refractivity contribution in [1.82, 2.24) is 0 Å². The van der Waals surface area contributed by atoms with Crippen molar-refractivity contribution in [3.63, 3.8) is 0 Å². The maximum absolute atomic E-state index is 8.87. The Morgan fingerprint density at radius 2 is 2.00 bits per heavy atom. The molecule has 0 amide bonds. The lowest BCUT2D eigenvalue weighted by Crippen LogP contribution is -1.88. The maximum Gasteiger partial charge on any atom is 0.100 e. The number of rotatable bonds is 1. The Bertz CT molecular complexity index is 344. The number of nitriles is 1. The fraction of sp³-hybridized carbons (Fsp3) is 0.125. The van der Waals surface area contributed by atoms with Crippen LogP contribution in [0.4, 0.5) is 0 Å². The zero-order chi connectivity index (χ0) is 9.14. The first kappa shape index (κ1) is 9.72. The van der Waals surface area contributed by atoms with Crippen LogP contribution in [0.25, 0.3) is 0 Å². The molecule has 0 unspecified atom stereocenters. The summed E-state index contributed by atoms with van der Waals surface area (Å²) in [5, 5.41) is 17.5. The smallest absolute Gasteiger partial charge is 0.100 e. The van der Waals surface area contributed by atoms with Crippen molar-refractivity contribution in [3.05, 3.63) is 32.2 Å². The summed E-state index contributed by atoms with van der Waals surface area (Å²) in [7, 11) is 0. The molecule has 0 radical (unpaired) electrons. The summed E-state index contributed by atoms with van der Waals surface area (Å²) >= 11 is 6.53. The van der Waals surface area contributed by atoms with E-state index < -0.39 is 0 Å². The van der Waals surface area contributed by atoms with Gasteiger partial charge in [-0.15, -0.1) is 0 Å². The number of hydrogen-bond donors (Lipinski definition) is 1. The zero-order valence-corrected chi connectivity index (χ0v) is 9.18. The van der Waals surface area contributed by atoms with Gasteiger partial charge in [-0.05, 0) is 43.5 Å². The Kier molecular flexibility index (Phi) is 3.27. The summed E-state index contributed by atoms with van der Waals surface area (Å²) in [5.74, 6) is 0. The molecule has 12 heavy (non-hydrogen) atoms. The first-order chi connectivity index (χ1) is 5.70. The van der Waals surface area contributed by atoms with Crippen LogP contribution in [0, 0.1) is 11.3 Å². The second-order valence-corrected chi connectivity index (χ2v) is 3.76. The van der Waals surface area contributed by atoms with E-state index >= 15 is 0 Å². The third-order valence-corrected chi connectivity index (χ3v) is 3.71. The lowest BCUT2D eigenvalue weighted by atomic mass is 10.2. The van der Waals surface area contributed by atoms with Crippen LogP contribution in [0.2, 0.25) is 0 Å². The summed E-state index contributed by atoms with van der Waals surface area (Å²) in [6.45, 7) is -0.0368. The SMILES string of the molecule is N#Cc1ccc(CO)c(Br)c1Br. The van der Waals surface area contributed by atoms with E-state index in [0.717, 1.165) is 10.0 Å². The summed E-state index contributed by atoms with van der Waals surface area (Å²) in [4.78, 5) is 0. The lowest BCUT2D eigenvalue weighted by Gasteiger charge is -2.03. The predicted octanol–water partition coefficient (Wildman–Crippen LogP) is 2.58. The number of aliphatic hydroxyl groups excluding tert-OH is 1. The molecule has 0 aliphatic rings. The molecule has 0 bridgehead atoms. The molecule has 0 aliphatic carbocycles. The van der Waals surface area contributed by atoms with Gasteiger partial charge in [0.2, 0.25) is 0 Å². The van der Waals surface area contributed by atoms with Crippen molar-refractivity contribution in [2.75, 3.05) is 0 Å². The highest BCUT2D eigenvalue weighted by molar-refractivity contribution is 9.13. The molecule has 62 valence electrons. The Morgan fingerprint density at radius 1 is 1.33 bits per heavy atom. The van der Waals surface area contributed by atoms with Gasteiger partial charge in [0.25, 0.3) is 0 Å². The standard InChI is InChI=1S/C8H5Br2NO/c9-7-5(3-11)1-2-6(4-12)8(7)10/h1-2,12H,4H2. The molecule has 1 N–H and O–H groups in total. The molecule has 1 aromatic rings. The molecule has 0 saturated carbocycles. The highest BCUT2D eigenvalue weighted by atomic mass is 79.9. The Labute approximate surface area is 87.1 Å². The largest absolute Gasteiger partial charge is 0.392 e. The van der Waals surface area contributed by atoms with Crippen LogP contribution in [-0.2, 0) is 6.61 Å². The summed E-state index contributed by atoms with van der Waals surface area (Å²) in [5.41, 5.74) is 1.32. The van der Waals surface area contributed by atoms with Crippen molar-refractivity contribution < 1.29 is 5.11 Å². The molecule has 2 nitrogen and oxygen atoms in total. The molecule has 0 saturated heterocycles. The number of nitrogens with zero attached hydrogens (tertiary/aromatic N) is 1. The Hall–Kier alpha value is -0.370.